The van der Waals surface area contributed by atoms with Crippen LogP contribution in [0.2, 0.25) is 5.02 Å². The van der Waals surface area contributed by atoms with E-state index < -0.39 is 0 Å². The van der Waals surface area contributed by atoms with Crippen molar-refractivity contribution >= 4 is 11.6 Å². The Morgan fingerprint density at radius 2 is 2.18 bits per heavy atom. The van der Waals surface area contributed by atoms with E-state index in [1.165, 1.54) is 0 Å². The van der Waals surface area contributed by atoms with Gasteiger partial charge in [-0.2, -0.15) is 5.10 Å². The van der Waals surface area contributed by atoms with Gasteiger partial charge in [-0.3, -0.25) is 4.68 Å². The van der Waals surface area contributed by atoms with E-state index in [9.17, 15) is 0 Å². The molecule has 1 aromatic rings. The van der Waals surface area contributed by atoms with Crippen LogP contribution >= 0.6 is 11.6 Å². The molecule has 17 heavy (non-hydrogen) atoms. The number of hydrogen-bond acceptors (Lipinski definition) is 3. The van der Waals surface area contributed by atoms with Crippen molar-refractivity contribution in [3.63, 3.8) is 0 Å². The molecule has 0 amide bonds. The fraction of sp³-hybridized carbons (Fsp3) is 0.750. The molecule has 0 saturated heterocycles. The topological polar surface area (TPSA) is 39.1 Å². The Hall–Kier alpha value is -0.580. The van der Waals surface area contributed by atoms with Crippen molar-refractivity contribution in [2.45, 2.75) is 39.8 Å². The summed E-state index contributed by atoms with van der Waals surface area (Å²) >= 11 is 6.22. The van der Waals surface area contributed by atoms with Crippen LogP contribution in [0.1, 0.15) is 45.5 Å². The number of halogens is 1. The van der Waals surface area contributed by atoms with Gasteiger partial charge in [0.05, 0.1) is 29.6 Å². The summed E-state index contributed by atoms with van der Waals surface area (Å²) in [6.07, 6.45) is 1.70. The highest BCUT2D eigenvalue weighted by atomic mass is 35.5. The van der Waals surface area contributed by atoms with Gasteiger partial charge in [0, 0.05) is 12.6 Å². The Kier molecular flexibility index (Phi) is 5.95. The molecule has 0 aromatic carbocycles. The van der Waals surface area contributed by atoms with Gasteiger partial charge in [-0.05, 0) is 27.3 Å². The van der Waals surface area contributed by atoms with Crippen LogP contribution in [0.15, 0.2) is 6.20 Å². The number of ether oxygens (including phenoxy) is 1. The van der Waals surface area contributed by atoms with Crippen molar-refractivity contribution in [2.75, 3.05) is 19.8 Å². The van der Waals surface area contributed by atoms with E-state index in [1.807, 2.05) is 11.6 Å². The second-order valence-corrected chi connectivity index (χ2v) is 4.59. The molecular formula is C12H22ClN3O. The van der Waals surface area contributed by atoms with Crippen LogP contribution in [-0.2, 0) is 4.74 Å². The number of hydrogen-bond donors (Lipinski definition) is 1. The molecule has 1 N–H and O–H groups in total. The van der Waals surface area contributed by atoms with Gasteiger partial charge in [0.15, 0.2) is 0 Å². The van der Waals surface area contributed by atoms with Crippen LogP contribution in [-0.4, -0.2) is 29.5 Å². The highest BCUT2D eigenvalue weighted by Gasteiger charge is 2.21. The molecule has 1 atom stereocenters. The average Bonchev–Trinajstić information content (AvgIpc) is 2.66. The van der Waals surface area contributed by atoms with Crippen molar-refractivity contribution in [1.82, 2.24) is 15.1 Å². The molecule has 1 unspecified atom stereocenters. The third kappa shape index (κ3) is 3.69. The van der Waals surface area contributed by atoms with E-state index >= 15 is 0 Å². The predicted octanol–water partition coefficient (Wildman–Crippen LogP) is 2.80. The van der Waals surface area contributed by atoms with E-state index in [1.54, 1.807) is 6.20 Å². The summed E-state index contributed by atoms with van der Waals surface area (Å²) in [6.45, 7) is 10.4. The molecule has 98 valence electrons. The Morgan fingerprint density at radius 3 is 2.71 bits per heavy atom. The van der Waals surface area contributed by atoms with Gasteiger partial charge < -0.3 is 10.1 Å². The Bertz CT molecular complexity index is 338. The number of likely N-dealkylation sites (N-methyl/N-ethyl adjacent to an activating group) is 1. The summed E-state index contributed by atoms with van der Waals surface area (Å²) < 4.78 is 7.45. The van der Waals surface area contributed by atoms with Crippen LogP contribution in [0.4, 0.5) is 0 Å². The molecule has 0 aliphatic heterocycles. The lowest BCUT2D eigenvalue weighted by molar-refractivity contribution is 0.120. The van der Waals surface area contributed by atoms with Gasteiger partial charge in [0.25, 0.3) is 0 Å². The minimum Gasteiger partial charge on any atom is -0.380 e. The van der Waals surface area contributed by atoms with Crippen LogP contribution in [0, 0.1) is 0 Å². The zero-order valence-electron chi connectivity index (χ0n) is 11.0. The molecule has 1 rings (SSSR count). The summed E-state index contributed by atoms with van der Waals surface area (Å²) in [7, 11) is 0. The predicted molar refractivity (Wildman–Crippen MR) is 70.5 cm³/mol. The van der Waals surface area contributed by atoms with Gasteiger partial charge in [0.1, 0.15) is 0 Å². The third-order valence-corrected chi connectivity index (χ3v) is 2.84. The first-order chi connectivity index (χ1) is 8.11. The molecular weight excluding hydrogens is 238 g/mol. The molecule has 0 aliphatic carbocycles. The smallest absolute Gasteiger partial charge is 0.0835 e. The van der Waals surface area contributed by atoms with E-state index in [0.717, 1.165) is 12.2 Å². The van der Waals surface area contributed by atoms with Gasteiger partial charge >= 0.3 is 0 Å². The fourth-order valence-corrected chi connectivity index (χ4v) is 2.07. The van der Waals surface area contributed by atoms with Crippen molar-refractivity contribution in [3.8, 4) is 0 Å². The van der Waals surface area contributed by atoms with E-state index in [0.29, 0.717) is 24.3 Å². The Balaban J connectivity index is 2.94. The first-order valence-electron chi connectivity index (χ1n) is 6.15. The summed E-state index contributed by atoms with van der Waals surface area (Å²) in [5, 5.41) is 8.40. The number of aromatic nitrogens is 2. The fourth-order valence-electron chi connectivity index (χ4n) is 1.80. The van der Waals surface area contributed by atoms with Crippen molar-refractivity contribution in [3.05, 3.63) is 16.9 Å². The normalized spacial score (nSPS) is 13.3. The van der Waals surface area contributed by atoms with Gasteiger partial charge in [-0.1, -0.05) is 18.5 Å². The van der Waals surface area contributed by atoms with Gasteiger partial charge in [-0.15, -0.1) is 0 Å². The molecule has 1 heterocycles. The minimum atomic E-state index is 0.0948. The highest BCUT2D eigenvalue weighted by molar-refractivity contribution is 6.31. The molecule has 1 aromatic heterocycles. The van der Waals surface area contributed by atoms with Crippen LogP contribution in [0.3, 0.4) is 0 Å². The largest absolute Gasteiger partial charge is 0.380 e. The lowest BCUT2D eigenvalue weighted by atomic mass is 10.2. The lowest BCUT2D eigenvalue weighted by Gasteiger charge is -2.21. The molecule has 0 fully saturated rings. The maximum atomic E-state index is 6.22. The summed E-state index contributed by atoms with van der Waals surface area (Å²) in [5.41, 5.74) is 1.01. The standard InChI is InChI=1S/C12H22ClN3O/c1-5-14-11(8-17-6-2)12-10(13)7-15-16(12)9(3)4/h7,9,11,14H,5-6,8H2,1-4H3. The number of rotatable bonds is 7. The van der Waals surface area contributed by atoms with Gasteiger partial charge in [-0.25, -0.2) is 0 Å². The van der Waals surface area contributed by atoms with E-state index in [-0.39, 0.29) is 6.04 Å². The first-order valence-corrected chi connectivity index (χ1v) is 6.53. The quantitative estimate of drug-likeness (QED) is 0.819. The van der Waals surface area contributed by atoms with Crippen LogP contribution in [0.5, 0.6) is 0 Å². The van der Waals surface area contributed by atoms with E-state index in [2.05, 4.69) is 31.2 Å². The Labute approximate surface area is 108 Å². The van der Waals surface area contributed by atoms with Crippen molar-refractivity contribution < 1.29 is 4.74 Å². The summed E-state index contributed by atoms with van der Waals surface area (Å²) in [4.78, 5) is 0. The number of nitrogens with zero attached hydrogens (tertiary/aromatic N) is 2. The molecule has 4 nitrogen and oxygen atoms in total. The second kappa shape index (κ2) is 6.99. The van der Waals surface area contributed by atoms with Crippen molar-refractivity contribution in [2.24, 2.45) is 0 Å². The average molecular weight is 260 g/mol. The summed E-state index contributed by atoms with van der Waals surface area (Å²) in [5.74, 6) is 0. The summed E-state index contributed by atoms with van der Waals surface area (Å²) in [6, 6.07) is 0.387. The van der Waals surface area contributed by atoms with Crippen LogP contribution in [0.25, 0.3) is 0 Å². The maximum Gasteiger partial charge on any atom is 0.0835 e. The molecule has 0 aliphatic rings. The first kappa shape index (κ1) is 14.5. The van der Waals surface area contributed by atoms with Crippen LogP contribution < -0.4 is 5.32 Å². The molecule has 0 spiro atoms. The molecule has 0 radical (unpaired) electrons. The SMILES string of the molecule is CCNC(COCC)c1c(Cl)cnn1C(C)C. The number of nitrogens with one attached hydrogen (secondary N) is 1. The monoisotopic (exact) mass is 259 g/mol. The zero-order valence-corrected chi connectivity index (χ0v) is 11.8. The minimum absolute atomic E-state index is 0.0948. The van der Waals surface area contributed by atoms with Crippen molar-refractivity contribution in [1.29, 1.82) is 0 Å². The molecule has 5 heteroatoms. The third-order valence-electron chi connectivity index (χ3n) is 2.55. The Morgan fingerprint density at radius 1 is 1.47 bits per heavy atom. The van der Waals surface area contributed by atoms with Gasteiger partial charge in [0.2, 0.25) is 0 Å². The maximum absolute atomic E-state index is 6.22. The van der Waals surface area contributed by atoms with E-state index in [4.69, 9.17) is 16.3 Å². The lowest BCUT2D eigenvalue weighted by Crippen LogP contribution is -2.28. The molecule has 0 bridgehead atoms. The highest BCUT2D eigenvalue weighted by Crippen LogP contribution is 2.25. The zero-order chi connectivity index (χ0) is 12.8. The second-order valence-electron chi connectivity index (χ2n) is 4.19. The molecule has 0 saturated carbocycles.